The molecule has 60 valence electrons. The lowest BCUT2D eigenvalue weighted by atomic mass is 10.1. The summed E-state index contributed by atoms with van der Waals surface area (Å²) in [4.78, 5) is 0. The van der Waals surface area contributed by atoms with E-state index in [0.717, 1.165) is 0 Å². The molecule has 3 N–H and O–H groups in total. The first kappa shape index (κ1) is 7.94. The Kier molecular flexibility index (Phi) is 2.62. The van der Waals surface area contributed by atoms with E-state index in [4.69, 9.17) is 20.1 Å². The van der Waals surface area contributed by atoms with Gasteiger partial charge in [0.1, 0.15) is 0 Å². The third kappa shape index (κ3) is 1.91. The van der Waals surface area contributed by atoms with E-state index < -0.39 is 18.5 Å². The summed E-state index contributed by atoms with van der Waals surface area (Å²) in [5.74, 6) is 0. The molecule has 0 saturated carbocycles. The van der Waals surface area contributed by atoms with Crippen molar-refractivity contribution in [2.24, 2.45) is 0 Å². The van der Waals surface area contributed by atoms with Crippen LogP contribution in [0, 0.1) is 0 Å². The highest BCUT2D eigenvalue weighted by atomic mass is 16.6. The number of rotatable bonds is 1. The van der Waals surface area contributed by atoms with Gasteiger partial charge in [-0.1, -0.05) is 0 Å². The molecule has 0 amide bonds. The summed E-state index contributed by atoms with van der Waals surface area (Å²) < 4.78 is 4.85. The monoisotopic (exact) mass is 148 g/mol. The van der Waals surface area contributed by atoms with Crippen molar-refractivity contribution in [1.82, 2.24) is 0 Å². The number of hydrogen-bond acceptors (Lipinski definition) is 4. The van der Waals surface area contributed by atoms with Gasteiger partial charge in [-0.2, -0.15) is 0 Å². The molecule has 1 rings (SSSR count). The van der Waals surface area contributed by atoms with Crippen LogP contribution < -0.4 is 0 Å². The molecule has 4 heteroatoms. The average molecular weight is 148 g/mol. The predicted octanol–water partition coefficient (Wildman–Crippen LogP) is -1.16. The molecule has 0 aromatic carbocycles. The SMILES string of the molecule is OC[C@@H]1C[C@H](O)CC(O)O1. The van der Waals surface area contributed by atoms with Crippen molar-refractivity contribution in [2.45, 2.75) is 31.3 Å². The summed E-state index contributed by atoms with van der Waals surface area (Å²) in [5, 5.41) is 26.5. The van der Waals surface area contributed by atoms with Crippen molar-refractivity contribution in [3.8, 4) is 0 Å². The minimum atomic E-state index is -0.916. The van der Waals surface area contributed by atoms with Crippen molar-refractivity contribution < 1.29 is 20.1 Å². The summed E-state index contributed by atoms with van der Waals surface area (Å²) in [6, 6.07) is 0. The van der Waals surface area contributed by atoms with Gasteiger partial charge < -0.3 is 20.1 Å². The van der Waals surface area contributed by atoms with Gasteiger partial charge in [-0.15, -0.1) is 0 Å². The predicted molar refractivity (Wildman–Crippen MR) is 33.2 cm³/mol. The summed E-state index contributed by atoms with van der Waals surface area (Å²) in [5.41, 5.74) is 0. The topological polar surface area (TPSA) is 69.9 Å². The van der Waals surface area contributed by atoms with Gasteiger partial charge in [0.25, 0.3) is 0 Å². The zero-order chi connectivity index (χ0) is 7.56. The Morgan fingerprint density at radius 1 is 1.30 bits per heavy atom. The van der Waals surface area contributed by atoms with Crippen molar-refractivity contribution in [1.29, 1.82) is 0 Å². The van der Waals surface area contributed by atoms with Crippen molar-refractivity contribution in [2.75, 3.05) is 6.61 Å². The van der Waals surface area contributed by atoms with Gasteiger partial charge >= 0.3 is 0 Å². The van der Waals surface area contributed by atoms with Crippen molar-refractivity contribution in [3.63, 3.8) is 0 Å². The zero-order valence-corrected chi connectivity index (χ0v) is 5.60. The molecule has 0 aliphatic carbocycles. The minimum absolute atomic E-state index is 0.145. The van der Waals surface area contributed by atoms with Crippen molar-refractivity contribution in [3.05, 3.63) is 0 Å². The Hall–Kier alpha value is -0.160. The molecule has 10 heavy (non-hydrogen) atoms. The molecule has 1 aliphatic rings. The molecule has 0 spiro atoms. The Labute approximate surface area is 59.1 Å². The van der Waals surface area contributed by atoms with Crippen LogP contribution in [0.15, 0.2) is 0 Å². The van der Waals surface area contributed by atoms with E-state index in [-0.39, 0.29) is 13.0 Å². The number of ether oxygens (including phenoxy) is 1. The fraction of sp³-hybridized carbons (Fsp3) is 1.00. The molecule has 3 atom stereocenters. The highest BCUT2D eigenvalue weighted by Crippen LogP contribution is 2.17. The van der Waals surface area contributed by atoms with E-state index in [9.17, 15) is 0 Å². The smallest absolute Gasteiger partial charge is 0.157 e. The Bertz CT molecular complexity index is 95.9. The average Bonchev–Trinajstić information content (AvgIpc) is 1.85. The minimum Gasteiger partial charge on any atom is -0.394 e. The van der Waals surface area contributed by atoms with Crippen LogP contribution in [-0.4, -0.2) is 40.4 Å². The van der Waals surface area contributed by atoms with Crippen LogP contribution in [0.1, 0.15) is 12.8 Å². The first-order chi connectivity index (χ1) is 4.72. The largest absolute Gasteiger partial charge is 0.394 e. The second-order valence-electron chi connectivity index (χ2n) is 2.52. The molecule has 1 unspecified atom stereocenters. The molecule has 1 saturated heterocycles. The van der Waals surface area contributed by atoms with Gasteiger partial charge in [0.05, 0.1) is 18.8 Å². The van der Waals surface area contributed by atoms with Crippen LogP contribution in [0.25, 0.3) is 0 Å². The van der Waals surface area contributed by atoms with E-state index in [1.54, 1.807) is 0 Å². The van der Waals surface area contributed by atoms with E-state index in [1.807, 2.05) is 0 Å². The molecule has 0 radical (unpaired) electrons. The fourth-order valence-electron chi connectivity index (χ4n) is 1.08. The molecule has 0 bridgehead atoms. The molecule has 0 aromatic heterocycles. The standard InChI is InChI=1S/C6H12O4/c7-3-5-1-4(8)2-6(9)10-5/h4-9H,1-3H2/t4-,5-,6?/m0/s1. The lowest BCUT2D eigenvalue weighted by molar-refractivity contribution is -0.197. The molecule has 1 aliphatic heterocycles. The summed E-state index contributed by atoms with van der Waals surface area (Å²) in [7, 11) is 0. The molecular weight excluding hydrogens is 136 g/mol. The quantitative estimate of drug-likeness (QED) is 0.438. The Morgan fingerprint density at radius 2 is 2.00 bits per heavy atom. The van der Waals surface area contributed by atoms with Gasteiger partial charge in [0.2, 0.25) is 0 Å². The number of aliphatic hydroxyl groups excluding tert-OH is 3. The third-order valence-corrected chi connectivity index (χ3v) is 1.56. The van der Waals surface area contributed by atoms with Crippen molar-refractivity contribution >= 4 is 0 Å². The van der Waals surface area contributed by atoms with E-state index in [1.165, 1.54) is 0 Å². The van der Waals surface area contributed by atoms with Gasteiger partial charge in [-0.05, 0) is 0 Å². The van der Waals surface area contributed by atoms with Gasteiger partial charge in [0.15, 0.2) is 6.29 Å². The normalized spacial score (nSPS) is 41.7. The zero-order valence-electron chi connectivity index (χ0n) is 5.60. The van der Waals surface area contributed by atoms with Crippen LogP contribution in [-0.2, 0) is 4.74 Å². The lowest BCUT2D eigenvalue weighted by Crippen LogP contribution is -2.37. The Balaban J connectivity index is 2.35. The maximum Gasteiger partial charge on any atom is 0.157 e. The van der Waals surface area contributed by atoms with Crippen LogP contribution in [0.4, 0.5) is 0 Å². The van der Waals surface area contributed by atoms with Gasteiger partial charge in [-0.3, -0.25) is 0 Å². The molecule has 0 aromatic rings. The van der Waals surface area contributed by atoms with Crippen LogP contribution in [0.2, 0.25) is 0 Å². The van der Waals surface area contributed by atoms with E-state index >= 15 is 0 Å². The second kappa shape index (κ2) is 3.30. The first-order valence-electron chi connectivity index (χ1n) is 3.35. The highest BCUT2D eigenvalue weighted by molar-refractivity contribution is 4.71. The van der Waals surface area contributed by atoms with Gasteiger partial charge in [-0.25, -0.2) is 0 Å². The molecule has 1 fully saturated rings. The number of aliphatic hydroxyl groups is 3. The Morgan fingerprint density at radius 3 is 2.50 bits per heavy atom. The maximum absolute atomic E-state index is 9.03. The summed E-state index contributed by atoms with van der Waals surface area (Å²) >= 11 is 0. The fourth-order valence-corrected chi connectivity index (χ4v) is 1.08. The molecule has 4 nitrogen and oxygen atoms in total. The maximum atomic E-state index is 9.03. The van der Waals surface area contributed by atoms with Crippen LogP contribution >= 0.6 is 0 Å². The van der Waals surface area contributed by atoms with Crippen LogP contribution in [0.5, 0.6) is 0 Å². The molecular formula is C6H12O4. The first-order valence-corrected chi connectivity index (χ1v) is 3.35. The van der Waals surface area contributed by atoms with E-state index in [2.05, 4.69) is 0 Å². The molecule has 1 heterocycles. The lowest BCUT2D eigenvalue weighted by Gasteiger charge is -2.28. The van der Waals surface area contributed by atoms with Gasteiger partial charge in [0, 0.05) is 12.8 Å². The number of hydrogen-bond donors (Lipinski definition) is 3. The second-order valence-corrected chi connectivity index (χ2v) is 2.52. The summed E-state index contributed by atoms with van der Waals surface area (Å²) in [6.45, 7) is -0.145. The highest BCUT2D eigenvalue weighted by Gasteiger charge is 2.25. The van der Waals surface area contributed by atoms with E-state index in [0.29, 0.717) is 6.42 Å². The van der Waals surface area contributed by atoms with Crippen LogP contribution in [0.3, 0.4) is 0 Å². The summed E-state index contributed by atoms with van der Waals surface area (Å²) in [6.07, 6.45) is -1.20. The third-order valence-electron chi connectivity index (χ3n) is 1.56.